The van der Waals surface area contributed by atoms with Crippen LogP contribution in [0.5, 0.6) is 0 Å². The van der Waals surface area contributed by atoms with Gasteiger partial charge in [-0.2, -0.15) is 0 Å². The van der Waals surface area contributed by atoms with Gasteiger partial charge in [0.05, 0.1) is 17.7 Å². The Kier molecular flexibility index (Phi) is 5.15. The maximum atomic E-state index is 12.3. The van der Waals surface area contributed by atoms with E-state index in [1.54, 1.807) is 35.2 Å². The van der Waals surface area contributed by atoms with Crippen molar-refractivity contribution in [2.24, 2.45) is 0 Å². The maximum absolute atomic E-state index is 12.3. The molecule has 2 aromatic carbocycles. The predicted molar refractivity (Wildman–Crippen MR) is 104 cm³/mol. The minimum Gasteiger partial charge on any atom is -0.349 e. The molecule has 4 rings (SSSR count). The van der Waals surface area contributed by atoms with E-state index < -0.39 is 0 Å². The summed E-state index contributed by atoms with van der Waals surface area (Å²) in [6.45, 7) is 0.445. The summed E-state index contributed by atoms with van der Waals surface area (Å²) >= 11 is 0. The fourth-order valence-corrected chi connectivity index (χ4v) is 3.29. The van der Waals surface area contributed by atoms with Gasteiger partial charge in [-0.3, -0.25) is 23.9 Å². The molecule has 0 aliphatic carbocycles. The quantitative estimate of drug-likeness (QED) is 0.623. The van der Waals surface area contributed by atoms with Gasteiger partial charge in [-0.25, -0.2) is 0 Å². The smallest absolute Gasteiger partial charge is 0.261 e. The number of rotatable bonds is 7. The van der Waals surface area contributed by atoms with E-state index in [1.165, 1.54) is 4.90 Å². The Bertz CT molecular complexity index is 1030. The van der Waals surface area contributed by atoms with Crippen LogP contribution in [0.1, 0.15) is 39.4 Å². The number of nitrogens with one attached hydrogen (secondary N) is 1. The number of hydrogen-bond donors (Lipinski definition) is 1. The van der Waals surface area contributed by atoms with Crippen molar-refractivity contribution in [1.29, 1.82) is 0 Å². The molecule has 2 heterocycles. The average Bonchev–Trinajstić information content (AvgIpc) is 3.32. The zero-order valence-corrected chi connectivity index (χ0v) is 15.6. The van der Waals surface area contributed by atoms with E-state index in [9.17, 15) is 14.4 Å². The molecule has 0 atom stereocenters. The average molecular weight is 389 g/mol. The molecule has 1 aromatic heterocycles. The van der Waals surface area contributed by atoms with Crippen molar-refractivity contribution in [2.45, 2.75) is 19.4 Å². The molecule has 146 valence electrons. The molecule has 0 radical (unpaired) electrons. The minimum absolute atomic E-state index is 0.177. The molecule has 1 aliphatic heterocycles. The van der Waals surface area contributed by atoms with Gasteiger partial charge in [0.2, 0.25) is 5.91 Å². The van der Waals surface area contributed by atoms with Gasteiger partial charge in [-0.1, -0.05) is 30.3 Å². The highest BCUT2D eigenvalue weighted by atomic mass is 16.2. The van der Waals surface area contributed by atoms with E-state index in [4.69, 9.17) is 0 Å². The van der Waals surface area contributed by atoms with Gasteiger partial charge in [0.25, 0.3) is 11.8 Å². The predicted octanol–water partition coefficient (Wildman–Crippen LogP) is 1.96. The zero-order chi connectivity index (χ0) is 20.2. The van der Waals surface area contributed by atoms with Crippen LogP contribution in [-0.4, -0.2) is 43.9 Å². The molecular weight excluding hydrogens is 370 g/mol. The second-order valence-corrected chi connectivity index (χ2v) is 6.64. The second kappa shape index (κ2) is 8.05. The highest BCUT2D eigenvalue weighted by Crippen LogP contribution is 2.22. The minimum atomic E-state index is -0.304. The lowest BCUT2D eigenvalue weighted by Gasteiger charge is -2.13. The SMILES string of the molecule is O=C(CCCN1C(=O)c2ccccc2C1=O)NCc1nncn1-c1ccccc1. The monoisotopic (exact) mass is 389 g/mol. The van der Waals surface area contributed by atoms with Crippen molar-refractivity contribution >= 4 is 17.7 Å². The van der Waals surface area contributed by atoms with Crippen LogP contribution in [0.4, 0.5) is 0 Å². The van der Waals surface area contributed by atoms with E-state index in [1.807, 2.05) is 30.3 Å². The molecule has 0 fully saturated rings. The maximum Gasteiger partial charge on any atom is 0.261 e. The van der Waals surface area contributed by atoms with Gasteiger partial charge in [0, 0.05) is 18.7 Å². The standard InChI is InChI=1S/C21H19N5O3/c27-19(22-13-18-24-23-14-26(18)15-7-2-1-3-8-15)11-6-12-25-20(28)16-9-4-5-10-17(16)21(25)29/h1-5,7-10,14H,6,11-13H2,(H,22,27). The molecule has 0 unspecified atom stereocenters. The number of imide groups is 1. The lowest BCUT2D eigenvalue weighted by Crippen LogP contribution is -2.32. The Morgan fingerprint density at radius 2 is 1.59 bits per heavy atom. The number of amides is 3. The molecule has 0 spiro atoms. The first-order valence-corrected chi connectivity index (χ1v) is 9.31. The normalized spacial score (nSPS) is 12.9. The summed E-state index contributed by atoms with van der Waals surface area (Å²) in [5.41, 5.74) is 1.75. The Hall–Kier alpha value is -3.81. The topological polar surface area (TPSA) is 97.2 Å². The highest BCUT2D eigenvalue weighted by Gasteiger charge is 2.34. The summed E-state index contributed by atoms with van der Waals surface area (Å²) < 4.78 is 1.80. The molecule has 0 saturated heterocycles. The Labute approximate surface area is 167 Å². The highest BCUT2D eigenvalue weighted by molar-refractivity contribution is 6.21. The molecule has 0 saturated carbocycles. The second-order valence-electron chi connectivity index (χ2n) is 6.64. The molecule has 0 bridgehead atoms. The molecule has 29 heavy (non-hydrogen) atoms. The number of benzene rings is 2. The van der Waals surface area contributed by atoms with Crippen LogP contribution < -0.4 is 5.32 Å². The summed E-state index contributed by atoms with van der Waals surface area (Å²) in [5, 5.41) is 10.8. The number of para-hydroxylation sites is 1. The van der Waals surface area contributed by atoms with Gasteiger partial charge in [0.1, 0.15) is 6.33 Å². The summed E-state index contributed by atoms with van der Waals surface area (Å²) in [7, 11) is 0. The summed E-state index contributed by atoms with van der Waals surface area (Å²) in [4.78, 5) is 38.0. The van der Waals surface area contributed by atoms with Crippen molar-refractivity contribution in [3.05, 3.63) is 77.9 Å². The third-order valence-corrected chi connectivity index (χ3v) is 4.76. The molecule has 3 aromatic rings. The third-order valence-electron chi connectivity index (χ3n) is 4.76. The first kappa shape index (κ1) is 18.5. The number of carbonyl (C=O) groups excluding carboxylic acids is 3. The van der Waals surface area contributed by atoms with Crippen molar-refractivity contribution in [3.63, 3.8) is 0 Å². The van der Waals surface area contributed by atoms with Crippen LogP contribution in [0.3, 0.4) is 0 Å². The van der Waals surface area contributed by atoms with Crippen LogP contribution in [0, 0.1) is 0 Å². The van der Waals surface area contributed by atoms with Crippen molar-refractivity contribution in [1.82, 2.24) is 25.0 Å². The lowest BCUT2D eigenvalue weighted by molar-refractivity contribution is -0.121. The van der Waals surface area contributed by atoms with Crippen LogP contribution in [0.25, 0.3) is 5.69 Å². The van der Waals surface area contributed by atoms with Gasteiger partial charge in [-0.15, -0.1) is 10.2 Å². The van der Waals surface area contributed by atoms with Crippen molar-refractivity contribution < 1.29 is 14.4 Å². The number of nitrogens with zero attached hydrogens (tertiary/aromatic N) is 4. The van der Waals surface area contributed by atoms with Crippen molar-refractivity contribution in [3.8, 4) is 5.69 Å². The zero-order valence-electron chi connectivity index (χ0n) is 15.6. The molecule has 1 N–H and O–H groups in total. The fourth-order valence-electron chi connectivity index (χ4n) is 3.29. The Balaban J connectivity index is 1.28. The number of carbonyl (C=O) groups is 3. The third kappa shape index (κ3) is 3.77. The molecule has 8 nitrogen and oxygen atoms in total. The number of aromatic nitrogens is 3. The van der Waals surface area contributed by atoms with Gasteiger partial charge >= 0.3 is 0 Å². The first-order chi connectivity index (χ1) is 14.1. The van der Waals surface area contributed by atoms with Gasteiger partial charge in [0.15, 0.2) is 5.82 Å². The fraction of sp³-hybridized carbons (Fsp3) is 0.190. The summed E-state index contributed by atoms with van der Waals surface area (Å²) in [6, 6.07) is 16.4. The van der Waals surface area contributed by atoms with Gasteiger partial charge < -0.3 is 5.32 Å². The van der Waals surface area contributed by atoms with E-state index in [0.717, 1.165) is 5.69 Å². The van der Waals surface area contributed by atoms with Crippen LogP contribution in [-0.2, 0) is 11.3 Å². The Morgan fingerprint density at radius 3 is 2.28 bits per heavy atom. The molecule has 8 heteroatoms. The van der Waals surface area contributed by atoms with E-state index in [0.29, 0.717) is 23.4 Å². The van der Waals surface area contributed by atoms with Gasteiger partial charge in [-0.05, 0) is 30.7 Å². The van der Waals surface area contributed by atoms with Crippen LogP contribution in [0.15, 0.2) is 60.9 Å². The number of hydrogen-bond acceptors (Lipinski definition) is 5. The van der Waals surface area contributed by atoms with Crippen molar-refractivity contribution in [2.75, 3.05) is 6.54 Å². The Morgan fingerprint density at radius 1 is 0.931 bits per heavy atom. The van der Waals surface area contributed by atoms with E-state index in [2.05, 4.69) is 15.5 Å². The van der Waals surface area contributed by atoms with E-state index >= 15 is 0 Å². The molecule has 1 aliphatic rings. The lowest BCUT2D eigenvalue weighted by atomic mass is 10.1. The van der Waals surface area contributed by atoms with Crippen LogP contribution >= 0.6 is 0 Å². The molecular formula is C21H19N5O3. The number of fused-ring (bicyclic) bond motifs is 1. The first-order valence-electron chi connectivity index (χ1n) is 9.31. The largest absolute Gasteiger partial charge is 0.349 e. The van der Waals surface area contributed by atoms with Crippen LogP contribution in [0.2, 0.25) is 0 Å². The molecule has 3 amide bonds. The van der Waals surface area contributed by atoms with E-state index in [-0.39, 0.29) is 37.2 Å². The summed E-state index contributed by atoms with van der Waals surface area (Å²) in [6.07, 6.45) is 2.19. The summed E-state index contributed by atoms with van der Waals surface area (Å²) in [5.74, 6) is -0.168.